The average molecular weight is 226 g/mol. The summed E-state index contributed by atoms with van der Waals surface area (Å²) >= 11 is 0. The normalized spacial score (nSPS) is 29.2. The van der Waals surface area contributed by atoms with Crippen molar-refractivity contribution in [2.45, 2.75) is 20.3 Å². The minimum atomic E-state index is 0.212. The number of hydrogen-bond donors (Lipinski definition) is 1. The Balaban J connectivity index is 1.79. The molecule has 1 atom stereocenters. The van der Waals surface area contributed by atoms with Gasteiger partial charge < -0.3 is 10.0 Å². The summed E-state index contributed by atoms with van der Waals surface area (Å²) in [6, 6.07) is 0. The molecule has 1 N–H and O–H groups in total. The molecule has 16 heavy (non-hydrogen) atoms. The third-order valence-corrected chi connectivity index (χ3v) is 3.91. The second kappa shape index (κ2) is 4.34. The van der Waals surface area contributed by atoms with E-state index in [1.807, 2.05) is 4.90 Å². The Hall–Kier alpha value is -0.610. The Morgan fingerprint density at radius 1 is 1.31 bits per heavy atom. The molecule has 4 heteroatoms. The molecular formula is C12H22N2O2. The molecule has 1 saturated carbocycles. The first-order chi connectivity index (χ1) is 7.54. The number of carbonyl (C=O) groups excluding carboxylic acids is 1. The Morgan fingerprint density at radius 3 is 2.31 bits per heavy atom. The molecule has 0 aromatic carbocycles. The van der Waals surface area contributed by atoms with Gasteiger partial charge in [0.1, 0.15) is 0 Å². The fourth-order valence-corrected chi connectivity index (χ4v) is 2.44. The van der Waals surface area contributed by atoms with Crippen LogP contribution < -0.4 is 0 Å². The van der Waals surface area contributed by atoms with Crippen molar-refractivity contribution in [2.24, 2.45) is 11.3 Å². The molecule has 1 aliphatic carbocycles. The number of rotatable bonds is 3. The van der Waals surface area contributed by atoms with Crippen LogP contribution in [0.15, 0.2) is 0 Å². The molecular weight excluding hydrogens is 204 g/mol. The second-order valence-electron chi connectivity index (χ2n) is 5.64. The van der Waals surface area contributed by atoms with Gasteiger partial charge in [-0.3, -0.25) is 9.69 Å². The van der Waals surface area contributed by atoms with Crippen LogP contribution in [0.2, 0.25) is 0 Å². The molecule has 2 fully saturated rings. The number of amides is 1. The SMILES string of the molecule is CC1(C)CC1C(=O)N1CCN(CCO)CC1. The molecule has 4 nitrogen and oxygen atoms in total. The van der Waals surface area contributed by atoms with Gasteiger partial charge in [-0.2, -0.15) is 0 Å². The molecule has 2 rings (SSSR count). The predicted molar refractivity (Wildman–Crippen MR) is 62.0 cm³/mol. The number of aliphatic hydroxyl groups excluding tert-OH is 1. The smallest absolute Gasteiger partial charge is 0.226 e. The predicted octanol–water partition coefficient (Wildman–Crippen LogP) is 0.169. The van der Waals surface area contributed by atoms with Crippen molar-refractivity contribution in [3.63, 3.8) is 0 Å². The third kappa shape index (κ3) is 2.38. The van der Waals surface area contributed by atoms with Gasteiger partial charge in [0.05, 0.1) is 6.61 Å². The Labute approximate surface area is 97.2 Å². The zero-order valence-corrected chi connectivity index (χ0v) is 10.3. The number of piperazine rings is 1. The van der Waals surface area contributed by atoms with E-state index in [0.717, 1.165) is 39.1 Å². The average Bonchev–Trinajstić information content (AvgIpc) is 2.88. The lowest BCUT2D eigenvalue weighted by Gasteiger charge is -2.34. The molecule has 0 aromatic heterocycles. The topological polar surface area (TPSA) is 43.8 Å². The van der Waals surface area contributed by atoms with Crippen molar-refractivity contribution >= 4 is 5.91 Å². The van der Waals surface area contributed by atoms with Crippen molar-refractivity contribution in [1.82, 2.24) is 9.80 Å². The van der Waals surface area contributed by atoms with Crippen LogP contribution in [0.4, 0.5) is 0 Å². The molecule has 0 spiro atoms. The molecule has 1 amide bonds. The number of nitrogens with zero attached hydrogens (tertiary/aromatic N) is 2. The molecule has 0 aromatic rings. The number of carbonyl (C=O) groups is 1. The zero-order valence-electron chi connectivity index (χ0n) is 10.3. The van der Waals surface area contributed by atoms with Gasteiger partial charge in [0.15, 0.2) is 0 Å². The van der Waals surface area contributed by atoms with E-state index in [2.05, 4.69) is 18.7 Å². The van der Waals surface area contributed by atoms with Gasteiger partial charge in [-0.15, -0.1) is 0 Å². The van der Waals surface area contributed by atoms with Crippen molar-refractivity contribution in [1.29, 1.82) is 0 Å². The van der Waals surface area contributed by atoms with Gasteiger partial charge >= 0.3 is 0 Å². The lowest BCUT2D eigenvalue weighted by Crippen LogP contribution is -2.50. The Kier molecular flexibility index (Phi) is 3.22. The van der Waals surface area contributed by atoms with Gasteiger partial charge in [0.25, 0.3) is 0 Å². The summed E-state index contributed by atoms with van der Waals surface area (Å²) < 4.78 is 0. The summed E-state index contributed by atoms with van der Waals surface area (Å²) in [5.41, 5.74) is 0.235. The molecule has 92 valence electrons. The summed E-state index contributed by atoms with van der Waals surface area (Å²) in [6.07, 6.45) is 1.04. The van der Waals surface area contributed by atoms with Crippen molar-refractivity contribution < 1.29 is 9.90 Å². The number of β-amino-alcohol motifs (C(OH)–C–C–N with tert-alkyl or cyclic N) is 1. The number of hydrogen-bond acceptors (Lipinski definition) is 3. The summed E-state index contributed by atoms with van der Waals surface area (Å²) in [4.78, 5) is 16.3. The summed E-state index contributed by atoms with van der Waals surface area (Å²) in [5, 5.41) is 8.84. The van der Waals surface area contributed by atoms with Crippen LogP contribution in [-0.4, -0.2) is 60.1 Å². The standard InChI is InChI=1S/C12H22N2O2/c1-12(2)9-10(12)11(16)14-5-3-13(4-6-14)7-8-15/h10,15H,3-9H2,1-2H3. The summed E-state index contributed by atoms with van der Waals surface area (Å²) in [5.74, 6) is 0.602. The van der Waals surface area contributed by atoms with Crippen molar-refractivity contribution in [3.05, 3.63) is 0 Å². The monoisotopic (exact) mass is 226 g/mol. The summed E-state index contributed by atoms with van der Waals surface area (Å²) in [7, 11) is 0. The fraction of sp³-hybridized carbons (Fsp3) is 0.917. The summed E-state index contributed by atoms with van der Waals surface area (Å²) in [6.45, 7) is 8.73. The molecule has 1 aliphatic heterocycles. The minimum Gasteiger partial charge on any atom is -0.395 e. The minimum absolute atomic E-state index is 0.212. The van der Waals surface area contributed by atoms with Gasteiger partial charge in [-0.25, -0.2) is 0 Å². The van der Waals surface area contributed by atoms with E-state index in [0.29, 0.717) is 5.91 Å². The van der Waals surface area contributed by atoms with E-state index >= 15 is 0 Å². The van der Waals surface area contributed by atoms with E-state index in [1.54, 1.807) is 0 Å². The van der Waals surface area contributed by atoms with E-state index in [4.69, 9.17) is 5.11 Å². The van der Waals surface area contributed by atoms with Gasteiger partial charge in [-0.1, -0.05) is 13.8 Å². The van der Waals surface area contributed by atoms with Crippen LogP contribution in [0.5, 0.6) is 0 Å². The molecule has 2 aliphatic rings. The highest BCUT2D eigenvalue weighted by atomic mass is 16.3. The maximum absolute atomic E-state index is 12.1. The van der Waals surface area contributed by atoms with E-state index in [-0.39, 0.29) is 17.9 Å². The maximum atomic E-state index is 12.1. The molecule has 1 unspecified atom stereocenters. The molecule has 1 heterocycles. The van der Waals surface area contributed by atoms with E-state index < -0.39 is 0 Å². The Morgan fingerprint density at radius 2 is 1.88 bits per heavy atom. The van der Waals surface area contributed by atoms with Crippen LogP contribution in [0.3, 0.4) is 0 Å². The Bertz CT molecular complexity index is 270. The van der Waals surface area contributed by atoms with Gasteiger partial charge in [0, 0.05) is 38.6 Å². The van der Waals surface area contributed by atoms with Crippen LogP contribution in [0.1, 0.15) is 20.3 Å². The largest absolute Gasteiger partial charge is 0.395 e. The first-order valence-corrected chi connectivity index (χ1v) is 6.16. The second-order valence-corrected chi connectivity index (χ2v) is 5.64. The van der Waals surface area contributed by atoms with Crippen molar-refractivity contribution in [2.75, 3.05) is 39.3 Å². The van der Waals surface area contributed by atoms with Crippen LogP contribution in [0.25, 0.3) is 0 Å². The quantitative estimate of drug-likeness (QED) is 0.746. The van der Waals surface area contributed by atoms with Crippen LogP contribution in [0, 0.1) is 11.3 Å². The number of aliphatic hydroxyl groups is 1. The van der Waals surface area contributed by atoms with Crippen LogP contribution >= 0.6 is 0 Å². The fourth-order valence-electron chi connectivity index (χ4n) is 2.44. The van der Waals surface area contributed by atoms with Gasteiger partial charge in [0.2, 0.25) is 5.91 Å². The molecule has 0 radical (unpaired) electrons. The highest BCUT2D eigenvalue weighted by molar-refractivity contribution is 5.82. The molecule has 0 bridgehead atoms. The van der Waals surface area contributed by atoms with Crippen LogP contribution in [-0.2, 0) is 4.79 Å². The first-order valence-electron chi connectivity index (χ1n) is 6.16. The first kappa shape index (κ1) is 11.9. The lowest BCUT2D eigenvalue weighted by molar-refractivity contribution is -0.135. The highest BCUT2D eigenvalue weighted by Gasteiger charge is 2.52. The van der Waals surface area contributed by atoms with E-state index in [1.165, 1.54) is 0 Å². The molecule has 1 saturated heterocycles. The van der Waals surface area contributed by atoms with Gasteiger partial charge in [-0.05, 0) is 11.8 Å². The van der Waals surface area contributed by atoms with E-state index in [9.17, 15) is 4.79 Å². The zero-order chi connectivity index (χ0) is 11.8. The highest BCUT2D eigenvalue weighted by Crippen LogP contribution is 2.52. The third-order valence-electron chi connectivity index (χ3n) is 3.91. The maximum Gasteiger partial charge on any atom is 0.226 e. The van der Waals surface area contributed by atoms with Crippen molar-refractivity contribution in [3.8, 4) is 0 Å². The lowest BCUT2D eigenvalue weighted by atomic mass is 10.1.